The summed E-state index contributed by atoms with van der Waals surface area (Å²) < 4.78 is 5.21. The molecule has 2 rings (SSSR count). The van der Waals surface area contributed by atoms with E-state index in [4.69, 9.17) is 16.3 Å². The molecular formula is C24H28ClNO4. The van der Waals surface area contributed by atoms with E-state index in [-0.39, 0.29) is 29.3 Å². The molecule has 0 spiro atoms. The summed E-state index contributed by atoms with van der Waals surface area (Å²) in [7, 11) is 0. The number of ketones is 1. The molecule has 0 aliphatic carbocycles. The number of benzene rings is 2. The molecule has 160 valence electrons. The van der Waals surface area contributed by atoms with Crippen molar-refractivity contribution in [2.75, 3.05) is 6.61 Å². The summed E-state index contributed by atoms with van der Waals surface area (Å²) in [4.78, 5) is 37.4. The van der Waals surface area contributed by atoms with Crippen LogP contribution in [-0.4, -0.2) is 30.3 Å². The topological polar surface area (TPSA) is 72.5 Å². The number of carbonyl (C=O) groups is 3. The number of hydrogen-bond donors (Lipinski definition) is 1. The smallest absolute Gasteiger partial charge is 0.329 e. The average Bonchev–Trinajstić information content (AvgIpc) is 2.69. The van der Waals surface area contributed by atoms with Crippen molar-refractivity contribution < 1.29 is 19.1 Å². The number of amides is 1. The van der Waals surface area contributed by atoms with Crippen LogP contribution in [0.2, 0.25) is 5.02 Å². The fraction of sp³-hybridized carbons (Fsp3) is 0.375. The van der Waals surface area contributed by atoms with Crippen LogP contribution in [0.15, 0.2) is 48.5 Å². The van der Waals surface area contributed by atoms with Crippen molar-refractivity contribution >= 4 is 29.3 Å². The van der Waals surface area contributed by atoms with Crippen molar-refractivity contribution in [1.29, 1.82) is 0 Å². The van der Waals surface area contributed by atoms with Crippen molar-refractivity contribution in [3.63, 3.8) is 0 Å². The highest BCUT2D eigenvalue weighted by molar-refractivity contribution is 6.33. The summed E-state index contributed by atoms with van der Waals surface area (Å²) >= 11 is 6.05. The van der Waals surface area contributed by atoms with Gasteiger partial charge in [0, 0.05) is 5.56 Å². The number of halogens is 1. The Hall–Kier alpha value is -2.66. The minimum atomic E-state index is -0.898. The van der Waals surface area contributed by atoms with Crippen LogP contribution in [0.1, 0.15) is 60.9 Å². The Labute approximate surface area is 182 Å². The van der Waals surface area contributed by atoms with Gasteiger partial charge in [-0.2, -0.15) is 0 Å². The summed E-state index contributed by atoms with van der Waals surface area (Å²) in [6.07, 6.45) is 0. The summed E-state index contributed by atoms with van der Waals surface area (Å²) in [6, 6.07) is 12.9. The van der Waals surface area contributed by atoms with Crippen LogP contribution < -0.4 is 5.32 Å². The van der Waals surface area contributed by atoms with E-state index >= 15 is 0 Å². The van der Waals surface area contributed by atoms with Gasteiger partial charge in [-0.05, 0) is 29.0 Å². The highest BCUT2D eigenvalue weighted by atomic mass is 35.5. The first-order chi connectivity index (χ1) is 14.0. The minimum absolute atomic E-state index is 0.0155. The molecule has 2 aromatic rings. The van der Waals surface area contributed by atoms with Crippen LogP contribution in [0, 0.1) is 5.92 Å². The van der Waals surface area contributed by atoms with Gasteiger partial charge in [0.2, 0.25) is 0 Å². The Balaban J connectivity index is 2.00. The molecule has 0 heterocycles. The van der Waals surface area contributed by atoms with Gasteiger partial charge in [-0.3, -0.25) is 9.59 Å². The van der Waals surface area contributed by atoms with Crippen molar-refractivity contribution in [3.8, 4) is 0 Å². The van der Waals surface area contributed by atoms with E-state index in [0.29, 0.717) is 10.6 Å². The van der Waals surface area contributed by atoms with E-state index in [0.717, 1.165) is 5.56 Å². The maximum absolute atomic E-state index is 12.5. The molecule has 0 bridgehead atoms. The van der Waals surface area contributed by atoms with Crippen LogP contribution in [0.4, 0.5) is 0 Å². The van der Waals surface area contributed by atoms with Gasteiger partial charge in [0.15, 0.2) is 12.4 Å². The van der Waals surface area contributed by atoms with Gasteiger partial charge in [-0.25, -0.2) is 4.79 Å². The van der Waals surface area contributed by atoms with Crippen molar-refractivity contribution in [1.82, 2.24) is 5.32 Å². The number of carbonyl (C=O) groups excluding carboxylic acids is 3. The Morgan fingerprint density at radius 3 is 2.13 bits per heavy atom. The molecule has 0 saturated heterocycles. The first-order valence-corrected chi connectivity index (χ1v) is 10.2. The molecular weight excluding hydrogens is 402 g/mol. The molecule has 0 unspecified atom stereocenters. The molecule has 0 saturated carbocycles. The molecule has 1 atom stereocenters. The van der Waals surface area contributed by atoms with E-state index in [2.05, 4.69) is 26.1 Å². The first-order valence-electron chi connectivity index (χ1n) is 9.86. The molecule has 0 fully saturated rings. The van der Waals surface area contributed by atoms with Gasteiger partial charge in [-0.15, -0.1) is 0 Å². The van der Waals surface area contributed by atoms with Gasteiger partial charge >= 0.3 is 5.97 Å². The Bertz CT molecular complexity index is 914. The number of Topliss-reactive ketones (excluding diaryl/α,β-unsaturated/α-hetero) is 1. The van der Waals surface area contributed by atoms with Gasteiger partial charge in [0.1, 0.15) is 6.04 Å². The first kappa shape index (κ1) is 23.6. The van der Waals surface area contributed by atoms with Gasteiger partial charge < -0.3 is 10.1 Å². The van der Waals surface area contributed by atoms with E-state index in [1.165, 1.54) is 0 Å². The summed E-state index contributed by atoms with van der Waals surface area (Å²) in [6.45, 7) is 9.45. The van der Waals surface area contributed by atoms with Crippen molar-refractivity contribution in [3.05, 3.63) is 70.2 Å². The number of hydrogen-bond acceptors (Lipinski definition) is 4. The standard InChI is InChI=1S/C24H28ClNO4/c1-15(2)21(26-22(28)18-8-6-7-9-19(18)25)23(29)30-14-20(27)16-10-12-17(13-11-16)24(3,4)5/h6-13,15,21H,14H2,1-5H3,(H,26,28)/t21-/m0/s1. The number of rotatable bonds is 7. The monoisotopic (exact) mass is 429 g/mol. The van der Waals surface area contributed by atoms with E-state index < -0.39 is 17.9 Å². The minimum Gasteiger partial charge on any atom is -0.456 e. The lowest BCUT2D eigenvalue weighted by atomic mass is 9.86. The normalized spacial score (nSPS) is 12.4. The van der Waals surface area contributed by atoms with Gasteiger partial charge in [0.05, 0.1) is 10.6 Å². The lowest BCUT2D eigenvalue weighted by molar-refractivity contribution is -0.145. The molecule has 1 amide bonds. The number of nitrogens with one attached hydrogen (secondary N) is 1. The highest BCUT2D eigenvalue weighted by Gasteiger charge is 2.27. The average molecular weight is 430 g/mol. The molecule has 0 aliphatic rings. The maximum atomic E-state index is 12.5. The third kappa shape index (κ3) is 6.17. The van der Waals surface area contributed by atoms with Crippen LogP contribution in [0.3, 0.4) is 0 Å². The van der Waals surface area contributed by atoms with Crippen molar-refractivity contribution in [2.24, 2.45) is 5.92 Å². The molecule has 0 aromatic heterocycles. The zero-order chi connectivity index (χ0) is 22.5. The summed E-state index contributed by atoms with van der Waals surface area (Å²) in [5.74, 6) is -1.67. The highest BCUT2D eigenvalue weighted by Crippen LogP contribution is 2.22. The number of esters is 1. The van der Waals surface area contributed by atoms with Gasteiger partial charge in [-0.1, -0.05) is 82.6 Å². The van der Waals surface area contributed by atoms with Crippen molar-refractivity contribution in [2.45, 2.75) is 46.1 Å². The SMILES string of the molecule is CC(C)[C@H](NC(=O)c1ccccc1Cl)C(=O)OCC(=O)c1ccc(C(C)(C)C)cc1. The number of ether oxygens (including phenoxy) is 1. The second-order valence-electron chi connectivity index (χ2n) is 8.53. The van der Waals surface area contributed by atoms with Crippen LogP contribution in [0.5, 0.6) is 0 Å². The molecule has 5 nitrogen and oxygen atoms in total. The van der Waals surface area contributed by atoms with Crippen LogP contribution >= 0.6 is 11.6 Å². The summed E-state index contributed by atoms with van der Waals surface area (Å²) in [5.41, 5.74) is 1.83. The molecule has 6 heteroatoms. The van der Waals surface area contributed by atoms with Crippen LogP contribution in [-0.2, 0) is 14.9 Å². The predicted molar refractivity (Wildman–Crippen MR) is 118 cm³/mol. The third-order valence-electron chi connectivity index (χ3n) is 4.74. The zero-order valence-corrected chi connectivity index (χ0v) is 18.7. The van der Waals surface area contributed by atoms with E-state index in [9.17, 15) is 14.4 Å². The van der Waals surface area contributed by atoms with Crippen LogP contribution in [0.25, 0.3) is 0 Å². The molecule has 2 aromatic carbocycles. The van der Waals surface area contributed by atoms with Gasteiger partial charge in [0.25, 0.3) is 5.91 Å². The van der Waals surface area contributed by atoms with E-state index in [1.54, 1.807) is 50.2 Å². The summed E-state index contributed by atoms with van der Waals surface area (Å²) in [5, 5.41) is 2.94. The Morgan fingerprint density at radius 1 is 1.00 bits per heavy atom. The second kappa shape index (κ2) is 9.90. The van der Waals surface area contributed by atoms with E-state index in [1.807, 2.05) is 12.1 Å². The second-order valence-corrected chi connectivity index (χ2v) is 8.94. The molecule has 1 N–H and O–H groups in total. The third-order valence-corrected chi connectivity index (χ3v) is 5.07. The molecule has 30 heavy (non-hydrogen) atoms. The predicted octanol–water partition coefficient (Wildman–Crippen LogP) is 4.82. The maximum Gasteiger partial charge on any atom is 0.329 e. The molecule has 0 radical (unpaired) electrons. The Morgan fingerprint density at radius 2 is 1.60 bits per heavy atom. The fourth-order valence-corrected chi connectivity index (χ4v) is 3.05. The largest absolute Gasteiger partial charge is 0.456 e. The fourth-order valence-electron chi connectivity index (χ4n) is 2.83. The Kier molecular flexibility index (Phi) is 7.79. The lowest BCUT2D eigenvalue weighted by Crippen LogP contribution is -2.45. The lowest BCUT2D eigenvalue weighted by Gasteiger charge is -2.21. The quantitative estimate of drug-likeness (QED) is 0.506. The zero-order valence-electron chi connectivity index (χ0n) is 18.0. The molecule has 0 aliphatic heterocycles.